The SMILES string of the molecule is CC(C)(C)N1CC2CCC1CC2.CC(C)(C)N1CCCC2CC21.CC(C)(C)N1CCc2ccccc2C1.CC(C)N1CC2(CCC2)C1.CC(C)N1CC2CC2C1.CC(C)N1CCC2(CC2)C1.CC(C)N1CCCC12CC2.CC(C)N1CCCC12CCCC2.CC(C)N1CCCC12CCOC2.CC(C)N1CCCC2(CCC2)C1. The Bertz CT molecular complexity index is 2860. The summed E-state index contributed by atoms with van der Waals surface area (Å²) in [5.41, 5.74) is 8.41. The molecule has 21 rings (SSSR count). The maximum atomic E-state index is 5.52. The zero-order valence-corrected chi connectivity index (χ0v) is 78.6. The van der Waals surface area contributed by atoms with Gasteiger partial charge in [0.15, 0.2) is 0 Å². The fraction of sp³-hybridized carbons (Fsp3) is 0.941. The van der Waals surface area contributed by atoms with Gasteiger partial charge in [-0.15, -0.1) is 0 Å². The first-order valence-electron chi connectivity index (χ1n) is 49.1. The first kappa shape index (κ1) is 91.5. The van der Waals surface area contributed by atoms with E-state index in [0.717, 1.165) is 108 Å². The molecule has 112 heavy (non-hydrogen) atoms. The minimum absolute atomic E-state index is 0.299. The number of fused-ring (bicyclic) bond motifs is 6. The summed E-state index contributed by atoms with van der Waals surface area (Å²) in [6, 6.07) is 16.0. The van der Waals surface area contributed by atoms with Gasteiger partial charge in [-0.2, -0.15) is 0 Å². The Balaban J connectivity index is 0.000000123. The summed E-state index contributed by atoms with van der Waals surface area (Å²) in [5.74, 6) is 4.30. The van der Waals surface area contributed by atoms with Gasteiger partial charge in [-0.3, -0.25) is 34.3 Å². The third-order valence-electron chi connectivity index (χ3n) is 33.0. The molecule has 11 nitrogen and oxygen atoms in total. The molecule has 1 aromatic carbocycles. The smallest absolute Gasteiger partial charge is 0.0651 e. The van der Waals surface area contributed by atoms with Crippen molar-refractivity contribution in [3.05, 3.63) is 35.4 Å². The van der Waals surface area contributed by atoms with Crippen LogP contribution in [-0.4, -0.2) is 241 Å². The summed E-state index contributed by atoms with van der Waals surface area (Å²) < 4.78 is 5.52. The van der Waals surface area contributed by atoms with Gasteiger partial charge in [0.1, 0.15) is 0 Å². The van der Waals surface area contributed by atoms with E-state index in [0.29, 0.717) is 39.3 Å². The predicted octanol–water partition coefficient (Wildman–Crippen LogP) is 22.0. The van der Waals surface area contributed by atoms with Crippen molar-refractivity contribution >= 4 is 0 Å². The minimum Gasteiger partial charge on any atom is -0.379 e. The van der Waals surface area contributed by atoms with Gasteiger partial charge in [-0.05, 0) is 436 Å². The Morgan fingerprint density at radius 3 is 1.21 bits per heavy atom. The van der Waals surface area contributed by atoms with E-state index in [2.05, 4.69) is 233 Å². The fourth-order valence-corrected chi connectivity index (χ4v) is 24.8. The van der Waals surface area contributed by atoms with Gasteiger partial charge in [0, 0.05) is 153 Å². The first-order valence-corrected chi connectivity index (χ1v) is 49.1. The molecule has 5 atom stereocenters. The van der Waals surface area contributed by atoms with E-state index >= 15 is 0 Å². The van der Waals surface area contributed by atoms with Crippen molar-refractivity contribution in [2.75, 3.05) is 105 Å². The molecular formula is C101H186N10O. The van der Waals surface area contributed by atoms with E-state index in [1.807, 2.05) is 0 Å². The van der Waals surface area contributed by atoms with Crippen LogP contribution in [0.5, 0.6) is 0 Å². The van der Waals surface area contributed by atoms with Gasteiger partial charge in [-0.25, -0.2) is 0 Å². The van der Waals surface area contributed by atoms with Crippen LogP contribution in [0.1, 0.15) is 376 Å². The van der Waals surface area contributed by atoms with Crippen molar-refractivity contribution in [3.63, 3.8) is 0 Å². The predicted molar refractivity (Wildman–Crippen MR) is 481 cm³/mol. The summed E-state index contributed by atoms with van der Waals surface area (Å²) in [6.45, 7) is 75.4. The molecule has 12 aliphatic heterocycles. The molecule has 19 fully saturated rings. The van der Waals surface area contributed by atoms with Gasteiger partial charge >= 0.3 is 0 Å². The van der Waals surface area contributed by atoms with E-state index in [1.165, 1.54) is 315 Å². The second kappa shape index (κ2) is 38.9. The fourth-order valence-electron chi connectivity index (χ4n) is 24.8. The topological polar surface area (TPSA) is 41.6 Å². The molecule has 11 heteroatoms. The monoisotopic (exact) mass is 1560 g/mol. The number of rotatable bonds is 7. The molecule has 0 radical (unpaired) electrons. The molecule has 6 spiro atoms. The summed E-state index contributed by atoms with van der Waals surface area (Å²) in [4.78, 5) is 26.5. The lowest BCUT2D eigenvalue weighted by atomic mass is 9.63. The second-order valence-electron chi connectivity index (χ2n) is 46.5. The molecule has 2 bridgehead atoms. The van der Waals surface area contributed by atoms with Crippen LogP contribution in [0.25, 0.3) is 0 Å². The van der Waals surface area contributed by atoms with Crippen LogP contribution in [0.15, 0.2) is 24.3 Å². The summed E-state index contributed by atoms with van der Waals surface area (Å²) >= 11 is 0. The summed E-state index contributed by atoms with van der Waals surface area (Å²) in [6.07, 6.45) is 48.2. The molecule has 11 saturated heterocycles. The molecular weight excluding hydrogens is 1370 g/mol. The van der Waals surface area contributed by atoms with Gasteiger partial charge < -0.3 is 19.4 Å². The van der Waals surface area contributed by atoms with E-state index in [1.54, 1.807) is 0 Å². The highest BCUT2D eigenvalue weighted by atomic mass is 16.5. The lowest BCUT2D eigenvalue weighted by molar-refractivity contribution is -0.0758. The number of ether oxygens (including phenoxy) is 1. The van der Waals surface area contributed by atoms with Crippen LogP contribution in [-0.2, 0) is 17.7 Å². The number of nitrogens with zero attached hydrogens (tertiary/aromatic N) is 10. The number of likely N-dealkylation sites (tertiary alicyclic amines) is 8. The Morgan fingerprint density at radius 2 is 0.812 bits per heavy atom. The van der Waals surface area contributed by atoms with Crippen LogP contribution in [0, 0.1) is 39.9 Å². The Kier molecular flexibility index (Phi) is 31.8. The summed E-state index contributed by atoms with van der Waals surface area (Å²) in [5, 5.41) is 0. The molecule has 8 aliphatic carbocycles. The molecule has 0 aromatic heterocycles. The quantitative estimate of drug-likeness (QED) is 0.262. The van der Waals surface area contributed by atoms with Crippen LogP contribution in [0.3, 0.4) is 0 Å². The average molecular weight is 1560 g/mol. The first-order chi connectivity index (χ1) is 52.9. The van der Waals surface area contributed by atoms with Gasteiger partial charge in [-0.1, -0.05) is 49.9 Å². The number of piperidine rings is 5. The highest BCUT2D eigenvalue weighted by molar-refractivity contribution is 5.29. The van der Waals surface area contributed by atoms with Crippen LogP contribution < -0.4 is 0 Å². The van der Waals surface area contributed by atoms with Gasteiger partial charge in [0.25, 0.3) is 0 Å². The van der Waals surface area contributed by atoms with Crippen LogP contribution >= 0.6 is 0 Å². The average Bonchev–Trinajstić information content (AvgIpc) is 1.49. The Labute approximate surface area is 695 Å². The van der Waals surface area contributed by atoms with E-state index < -0.39 is 0 Å². The lowest BCUT2D eigenvalue weighted by Crippen LogP contribution is -2.61. The van der Waals surface area contributed by atoms with Crippen LogP contribution in [0.2, 0.25) is 0 Å². The summed E-state index contributed by atoms with van der Waals surface area (Å²) in [7, 11) is 0. The Morgan fingerprint density at radius 1 is 0.348 bits per heavy atom. The molecule has 646 valence electrons. The highest BCUT2D eigenvalue weighted by Gasteiger charge is 2.53. The second-order valence-corrected chi connectivity index (χ2v) is 46.5. The highest BCUT2D eigenvalue weighted by Crippen LogP contribution is 2.55. The zero-order valence-electron chi connectivity index (χ0n) is 78.6. The van der Waals surface area contributed by atoms with Crippen molar-refractivity contribution in [2.24, 2.45) is 39.9 Å². The maximum absolute atomic E-state index is 5.52. The Hall–Kier alpha value is -1.22. The molecule has 0 amide bonds. The van der Waals surface area contributed by atoms with Crippen molar-refractivity contribution in [1.82, 2.24) is 49.0 Å². The minimum atomic E-state index is 0.299. The normalized spacial score (nSPS) is 31.7. The molecule has 1 aromatic rings. The third-order valence-corrected chi connectivity index (χ3v) is 33.0. The standard InChI is InChI=1S/C13H19N.3C11H21N.C10H19NO.C10H19N.3C9H17N.C8H15N/c1-13(2,3)14-9-8-11-6-4-5-7-12(11)10-14;1-11(2,3)12-8-9-4-6-10(12)7-5-9;1-10(2)12-8-4-7-11(9-12)5-3-6-11;1-10(2)12-9-5-8-11(12)6-3-4-7-11;1-9(2)11-6-3-4-10(11)5-7-12-8-10;1-10(2,3)11-6-4-5-8-7-9(8)11;1-8(2)10-6-5-9(7-10)3-4-9;1-8(2)10-7-3-4-9(10)5-6-9;1-8(2)10-6-9(7-10)4-3-5-9;1-6(2)9-4-7-3-8(7)5-9/h4-7H,8-10H2,1-3H3;9-10H,4-8H2,1-3H3;2*10H,3-9H2,1-2H3;9H,3-8H2,1-2H3;8-9H,4-7H2,1-3H3;3*8H,3-7H2,1-2H3;6-8H,3-5H2,1-2H3. The third kappa shape index (κ3) is 24.1. The van der Waals surface area contributed by atoms with Crippen LogP contribution in [0.4, 0.5) is 0 Å². The van der Waals surface area contributed by atoms with Crippen molar-refractivity contribution in [1.29, 1.82) is 0 Å². The molecule has 12 heterocycles. The number of hydrogen-bond acceptors (Lipinski definition) is 11. The van der Waals surface area contributed by atoms with Crippen molar-refractivity contribution in [3.8, 4) is 0 Å². The van der Waals surface area contributed by atoms with E-state index in [-0.39, 0.29) is 0 Å². The molecule has 5 unspecified atom stereocenters. The molecule has 8 saturated carbocycles. The van der Waals surface area contributed by atoms with E-state index in [9.17, 15) is 0 Å². The largest absolute Gasteiger partial charge is 0.379 e. The van der Waals surface area contributed by atoms with Gasteiger partial charge in [0.2, 0.25) is 0 Å². The zero-order chi connectivity index (χ0) is 80.8. The lowest BCUT2D eigenvalue weighted by Gasteiger charge is -2.57. The number of benzene rings is 1. The molecule has 0 N–H and O–H groups in total. The number of hydrogen-bond donors (Lipinski definition) is 0. The van der Waals surface area contributed by atoms with E-state index in [4.69, 9.17) is 4.74 Å². The molecule has 20 aliphatic rings. The van der Waals surface area contributed by atoms with Crippen molar-refractivity contribution in [2.45, 2.75) is 465 Å². The van der Waals surface area contributed by atoms with Crippen molar-refractivity contribution < 1.29 is 4.74 Å². The maximum Gasteiger partial charge on any atom is 0.0651 e. The van der Waals surface area contributed by atoms with Gasteiger partial charge in [0.05, 0.1) is 6.61 Å².